The second-order valence-corrected chi connectivity index (χ2v) is 4.74. The number of imide groups is 1. The molecule has 0 unspecified atom stereocenters. The molecule has 2 saturated heterocycles. The van der Waals surface area contributed by atoms with Crippen molar-refractivity contribution in [2.75, 3.05) is 33.2 Å². The Hall–Kier alpha value is -1.10. The minimum absolute atomic E-state index is 0.0853. The summed E-state index contributed by atoms with van der Waals surface area (Å²) in [6.45, 7) is 3.01. The molecule has 0 spiro atoms. The van der Waals surface area contributed by atoms with Gasteiger partial charge in [0.25, 0.3) is 0 Å². The number of nitrogens with zero attached hydrogens (tertiary/aromatic N) is 2. The summed E-state index contributed by atoms with van der Waals surface area (Å²) in [6.07, 6.45) is 3.31. The number of hydrogen-bond acceptors (Lipinski definition) is 3. The second kappa shape index (κ2) is 4.82. The van der Waals surface area contributed by atoms with Gasteiger partial charge in [-0.3, -0.25) is 9.69 Å². The van der Waals surface area contributed by atoms with Crippen molar-refractivity contribution >= 4 is 11.9 Å². The number of nitrogens with one attached hydrogen (secondary N) is 1. The Morgan fingerprint density at radius 2 is 2.00 bits per heavy atom. The van der Waals surface area contributed by atoms with Gasteiger partial charge in [-0.25, -0.2) is 4.79 Å². The van der Waals surface area contributed by atoms with Crippen LogP contribution in [0.5, 0.6) is 0 Å². The van der Waals surface area contributed by atoms with Crippen LogP contribution in [0.15, 0.2) is 0 Å². The molecule has 0 bridgehead atoms. The summed E-state index contributed by atoms with van der Waals surface area (Å²) < 4.78 is 0. The fourth-order valence-electron chi connectivity index (χ4n) is 2.34. The van der Waals surface area contributed by atoms with Gasteiger partial charge in [0, 0.05) is 6.54 Å². The molecule has 1 N–H and O–H groups in total. The van der Waals surface area contributed by atoms with E-state index in [0.717, 1.165) is 19.5 Å². The van der Waals surface area contributed by atoms with E-state index in [0.29, 0.717) is 12.5 Å². The molecule has 0 atom stereocenters. The largest absolute Gasteiger partial charge is 0.329 e. The molecule has 0 aromatic heterocycles. The molecule has 0 saturated carbocycles. The van der Waals surface area contributed by atoms with E-state index in [4.69, 9.17) is 0 Å². The Bertz CT molecular complexity index is 269. The normalized spacial score (nSPS) is 23.9. The van der Waals surface area contributed by atoms with Crippen molar-refractivity contribution < 1.29 is 9.59 Å². The van der Waals surface area contributed by atoms with Crippen molar-refractivity contribution in [3.8, 4) is 0 Å². The molecule has 2 aliphatic heterocycles. The first-order valence-corrected chi connectivity index (χ1v) is 5.93. The molecule has 3 amide bonds. The second-order valence-electron chi connectivity index (χ2n) is 4.74. The smallest absolute Gasteiger partial charge is 0.324 e. The first kappa shape index (κ1) is 11.4. The van der Waals surface area contributed by atoms with Gasteiger partial charge < -0.3 is 10.2 Å². The van der Waals surface area contributed by atoms with Crippen molar-refractivity contribution in [3.63, 3.8) is 0 Å². The van der Waals surface area contributed by atoms with Crippen LogP contribution in [0.25, 0.3) is 0 Å². The Morgan fingerprint density at radius 3 is 2.56 bits per heavy atom. The van der Waals surface area contributed by atoms with Crippen molar-refractivity contribution in [2.45, 2.75) is 19.3 Å². The zero-order valence-electron chi connectivity index (χ0n) is 9.74. The lowest BCUT2D eigenvalue weighted by Crippen LogP contribution is -2.35. The standard InChI is InChI=1S/C11H19N3O2/c1-13-5-2-9(3-6-13)4-7-14-10(15)8-12-11(14)16/h9H,2-8H2,1H3,(H,12,16). The molecule has 0 aromatic rings. The highest BCUT2D eigenvalue weighted by molar-refractivity contribution is 6.01. The number of hydrogen-bond donors (Lipinski definition) is 1. The topological polar surface area (TPSA) is 52.6 Å². The Kier molecular flexibility index (Phi) is 3.43. The summed E-state index contributed by atoms with van der Waals surface area (Å²) in [7, 11) is 2.13. The van der Waals surface area contributed by atoms with E-state index in [1.165, 1.54) is 17.7 Å². The number of carbonyl (C=O) groups excluding carboxylic acids is 2. The number of piperidine rings is 1. The van der Waals surface area contributed by atoms with Gasteiger partial charge in [0.1, 0.15) is 0 Å². The van der Waals surface area contributed by atoms with Crippen LogP contribution in [0.4, 0.5) is 4.79 Å². The Morgan fingerprint density at radius 1 is 1.31 bits per heavy atom. The summed E-state index contributed by atoms with van der Waals surface area (Å²) in [4.78, 5) is 26.3. The van der Waals surface area contributed by atoms with Crippen molar-refractivity contribution in [1.82, 2.24) is 15.1 Å². The number of likely N-dealkylation sites (tertiary alicyclic amines) is 1. The molecular weight excluding hydrogens is 206 g/mol. The van der Waals surface area contributed by atoms with Crippen LogP contribution >= 0.6 is 0 Å². The van der Waals surface area contributed by atoms with Gasteiger partial charge >= 0.3 is 6.03 Å². The quantitative estimate of drug-likeness (QED) is 0.701. The predicted molar refractivity (Wildman–Crippen MR) is 59.9 cm³/mol. The first-order valence-electron chi connectivity index (χ1n) is 5.93. The zero-order valence-corrected chi connectivity index (χ0v) is 9.74. The van der Waals surface area contributed by atoms with Crippen LogP contribution in [0.1, 0.15) is 19.3 Å². The maximum atomic E-state index is 11.3. The van der Waals surface area contributed by atoms with Crippen molar-refractivity contribution in [2.24, 2.45) is 5.92 Å². The third-order valence-corrected chi connectivity index (χ3v) is 3.54. The summed E-state index contributed by atoms with van der Waals surface area (Å²) in [6, 6.07) is -0.224. The summed E-state index contributed by atoms with van der Waals surface area (Å²) in [5.41, 5.74) is 0. The van der Waals surface area contributed by atoms with Gasteiger partial charge in [-0.2, -0.15) is 0 Å². The molecule has 16 heavy (non-hydrogen) atoms. The van der Waals surface area contributed by atoms with Gasteiger partial charge in [0.2, 0.25) is 5.91 Å². The fraction of sp³-hybridized carbons (Fsp3) is 0.818. The lowest BCUT2D eigenvalue weighted by Gasteiger charge is -2.29. The van der Waals surface area contributed by atoms with Crippen LogP contribution < -0.4 is 5.32 Å². The van der Waals surface area contributed by atoms with E-state index < -0.39 is 0 Å². The van der Waals surface area contributed by atoms with Crippen LogP contribution in [-0.2, 0) is 4.79 Å². The van der Waals surface area contributed by atoms with E-state index in [2.05, 4.69) is 17.3 Å². The highest BCUT2D eigenvalue weighted by Gasteiger charge is 2.29. The number of urea groups is 1. The molecule has 0 aromatic carbocycles. The average molecular weight is 225 g/mol. The molecular formula is C11H19N3O2. The highest BCUT2D eigenvalue weighted by Crippen LogP contribution is 2.20. The first-order chi connectivity index (χ1) is 7.66. The molecule has 90 valence electrons. The SMILES string of the molecule is CN1CCC(CCN2C(=O)CNC2=O)CC1. The zero-order chi connectivity index (χ0) is 11.5. The van der Waals surface area contributed by atoms with Crippen LogP contribution in [0.3, 0.4) is 0 Å². The third-order valence-electron chi connectivity index (χ3n) is 3.54. The highest BCUT2D eigenvalue weighted by atomic mass is 16.2. The molecule has 0 aliphatic carbocycles. The van der Waals surface area contributed by atoms with E-state index >= 15 is 0 Å². The maximum Gasteiger partial charge on any atom is 0.324 e. The predicted octanol–water partition coefficient (Wildman–Crippen LogP) is 0.270. The monoisotopic (exact) mass is 225 g/mol. The number of carbonyl (C=O) groups is 2. The van der Waals surface area contributed by atoms with E-state index in [-0.39, 0.29) is 18.5 Å². The van der Waals surface area contributed by atoms with Crippen molar-refractivity contribution in [1.29, 1.82) is 0 Å². The van der Waals surface area contributed by atoms with Gasteiger partial charge in [0.05, 0.1) is 6.54 Å². The van der Waals surface area contributed by atoms with E-state index in [1.807, 2.05) is 0 Å². The fourth-order valence-corrected chi connectivity index (χ4v) is 2.34. The lowest BCUT2D eigenvalue weighted by atomic mass is 9.94. The number of amides is 3. The van der Waals surface area contributed by atoms with Crippen molar-refractivity contribution in [3.05, 3.63) is 0 Å². The van der Waals surface area contributed by atoms with Gasteiger partial charge in [-0.15, -0.1) is 0 Å². The molecule has 2 rings (SSSR count). The van der Waals surface area contributed by atoms with Crippen LogP contribution in [0, 0.1) is 5.92 Å². The number of rotatable bonds is 3. The van der Waals surface area contributed by atoms with Gasteiger partial charge in [0.15, 0.2) is 0 Å². The average Bonchev–Trinajstić information content (AvgIpc) is 2.59. The summed E-state index contributed by atoms with van der Waals surface area (Å²) >= 11 is 0. The molecule has 2 heterocycles. The minimum Gasteiger partial charge on any atom is -0.329 e. The summed E-state index contributed by atoms with van der Waals surface area (Å²) in [5, 5.41) is 2.54. The Labute approximate surface area is 95.8 Å². The maximum absolute atomic E-state index is 11.3. The molecule has 5 heteroatoms. The van der Waals surface area contributed by atoms with E-state index in [1.54, 1.807) is 0 Å². The Balaban J connectivity index is 1.75. The van der Waals surface area contributed by atoms with Gasteiger partial charge in [-0.1, -0.05) is 0 Å². The van der Waals surface area contributed by atoms with Crippen LogP contribution in [-0.4, -0.2) is 55.0 Å². The van der Waals surface area contributed by atoms with E-state index in [9.17, 15) is 9.59 Å². The van der Waals surface area contributed by atoms with Gasteiger partial charge in [-0.05, 0) is 45.3 Å². The molecule has 2 aliphatic rings. The lowest BCUT2D eigenvalue weighted by molar-refractivity contribution is -0.125. The summed E-state index contributed by atoms with van der Waals surface area (Å²) in [5.74, 6) is 0.579. The van der Waals surface area contributed by atoms with Crippen LogP contribution in [0.2, 0.25) is 0 Å². The minimum atomic E-state index is -0.224. The molecule has 2 fully saturated rings. The molecule has 0 radical (unpaired) electrons. The third kappa shape index (κ3) is 2.52. The molecule has 5 nitrogen and oxygen atoms in total.